The molecule has 0 unspecified atom stereocenters. The van der Waals surface area contributed by atoms with E-state index in [2.05, 4.69) is 21.1 Å². The average molecular weight is 300 g/mol. The Bertz CT molecular complexity index is 594. The van der Waals surface area contributed by atoms with Gasteiger partial charge in [-0.15, -0.1) is 0 Å². The molecule has 4 nitrogen and oxygen atoms in total. The van der Waals surface area contributed by atoms with Crippen molar-refractivity contribution in [2.45, 2.75) is 6.92 Å². The third kappa shape index (κ3) is 2.08. The summed E-state index contributed by atoms with van der Waals surface area (Å²) in [4.78, 5) is 10.6. The highest BCUT2D eigenvalue weighted by molar-refractivity contribution is 9.10. The Balaban J connectivity index is 2.53. The van der Waals surface area contributed by atoms with E-state index in [4.69, 9.17) is 9.63 Å². The summed E-state index contributed by atoms with van der Waals surface area (Å²) in [7, 11) is 0. The van der Waals surface area contributed by atoms with E-state index in [9.17, 15) is 9.18 Å². The van der Waals surface area contributed by atoms with Crippen molar-refractivity contribution in [3.05, 3.63) is 39.7 Å². The van der Waals surface area contributed by atoms with Crippen LogP contribution < -0.4 is 0 Å². The Morgan fingerprint density at radius 1 is 1.53 bits per heavy atom. The number of hydrogen-bond acceptors (Lipinski definition) is 3. The highest BCUT2D eigenvalue weighted by atomic mass is 79.9. The van der Waals surface area contributed by atoms with Gasteiger partial charge in [0.25, 0.3) is 0 Å². The monoisotopic (exact) mass is 299 g/mol. The van der Waals surface area contributed by atoms with Crippen LogP contribution in [0.5, 0.6) is 0 Å². The van der Waals surface area contributed by atoms with Gasteiger partial charge in [-0.2, -0.15) is 0 Å². The summed E-state index contributed by atoms with van der Waals surface area (Å²) < 4.78 is 18.7. The van der Waals surface area contributed by atoms with E-state index in [1.54, 1.807) is 19.1 Å². The molecule has 17 heavy (non-hydrogen) atoms. The van der Waals surface area contributed by atoms with Crippen molar-refractivity contribution < 1.29 is 18.8 Å². The van der Waals surface area contributed by atoms with Gasteiger partial charge in [-0.3, -0.25) is 0 Å². The standard InChI is InChI=1S/C11H7BrFNO3/c1-5-2-3-6(9(12)10(5)13)8-4-7(11(15)16)14-17-8/h2-4H,1H3,(H,15,16). The topological polar surface area (TPSA) is 63.3 Å². The number of carboxylic acids is 1. The molecule has 0 aliphatic heterocycles. The molecule has 2 aromatic rings. The third-order valence-corrected chi connectivity index (χ3v) is 3.05. The number of aromatic carboxylic acids is 1. The van der Waals surface area contributed by atoms with Crippen LogP contribution in [0.15, 0.2) is 27.2 Å². The van der Waals surface area contributed by atoms with Crippen molar-refractivity contribution >= 4 is 21.9 Å². The first-order valence-corrected chi connectivity index (χ1v) is 5.45. The van der Waals surface area contributed by atoms with Gasteiger partial charge in [0.05, 0.1) is 4.47 Å². The van der Waals surface area contributed by atoms with Crippen molar-refractivity contribution in [3.63, 3.8) is 0 Å². The molecule has 1 aromatic carbocycles. The maximum atomic E-state index is 13.6. The largest absolute Gasteiger partial charge is 0.476 e. The fraction of sp³-hybridized carbons (Fsp3) is 0.0909. The first-order valence-electron chi connectivity index (χ1n) is 4.65. The highest BCUT2D eigenvalue weighted by Gasteiger charge is 2.16. The number of nitrogens with zero attached hydrogens (tertiary/aromatic N) is 1. The van der Waals surface area contributed by atoms with Crippen molar-refractivity contribution in [1.82, 2.24) is 5.16 Å². The van der Waals surface area contributed by atoms with Gasteiger partial charge in [0.2, 0.25) is 0 Å². The average Bonchev–Trinajstić information content (AvgIpc) is 2.75. The second kappa shape index (κ2) is 4.29. The molecule has 0 fully saturated rings. The first kappa shape index (κ1) is 11.8. The minimum atomic E-state index is -1.19. The summed E-state index contributed by atoms with van der Waals surface area (Å²) >= 11 is 3.10. The first-order chi connectivity index (χ1) is 8.00. The molecular formula is C11H7BrFNO3. The summed E-state index contributed by atoms with van der Waals surface area (Å²) in [5.41, 5.74) is 0.694. The molecule has 0 atom stereocenters. The van der Waals surface area contributed by atoms with Crippen LogP contribution in [0.4, 0.5) is 4.39 Å². The summed E-state index contributed by atoms with van der Waals surface area (Å²) in [6.45, 7) is 1.63. The van der Waals surface area contributed by atoms with E-state index < -0.39 is 11.8 Å². The summed E-state index contributed by atoms with van der Waals surface area (Å²) in [5, 5.41) is 12.1. The Kier molecular flexibility index (Phi) is 2.97. The minimum Gasteiger partial charge on any atom is -0.476 e. The van der Waals surface area contributed by atoms with Crippen LogP contribution in [-0.2, 0) is 0 Å². The normalized spacial score (nSPS) is 10.5. The maximum Gasteiger partial charge on any atom is 0.358 e. The lowest BCUT2D eigenvalue weighted by molar-refractivity contribution is 0.0686. The minimum absolute atomic E-state index is 0.202. The van der Waals surface area contributed by atoms with Crippen LogP contribution in [0.2, 0.25) is 0 Å². The predicted octanol–water partition coefficient (Wildman–Crippen LogP) is 3.25. The molecule has 0 bridgehead atoms. The van der Waals surface area contributed by atoms with Crippen molar-refractivity contribution in [1.29, 1.82) is 0 Å². The molecular weight excluding hydrogens is 293 g/mol. The smallest absolute Gasteiger partial charge is 0.358 e. The number of halogens is 2. The number of hydrogen-bond donors (Lipinski definition) is 1. The van der Waals surface area contributed by atoms with Crippen LogP contribution in [0.3, 0.4) is 0 Å². The van der Waals surface area contributed by atoms with Gasteiger partial charge < -0.3 is 9.63 Å². The number of aromatic nitrogens is 1. The number of carbonyl (C=O) groups is 1. The second-order valence-electron chi connectivity index (χ2n) is 3.44. The van der Waals surface area contributed by atoms with Crippen LogP contribution >= 0.6 is 15.9 Å². The number of aryl methyl sites for hydroxylation is 1. The van der Waals surface area contributed by atoms with Crippen LogP contribution in [0.1, 0.15) is 16.1 Å². The Morgan fingerprint density at radius 3 is 2.82 bits per heavy atom. The van der Waals surface area contributed by atoms with E-state index in [0.717, 1.165) is 0 Å². The maximum absolute atomic E-state index is 13.6. The highest BCUT2D eigenvalue weighted by Crippen LogP contribution is 2.32. The van der Waals surface area contributed by atoms with E-state index in [1.807, 2.05) is 0 Å². The zero-order valence-electron chi connectivity index (χ0n) is 8.70. The second-order valence-corrected chi connectivity index (χ2v) is 4.23. The summed E-state index contributed by atoms with van der Waals surface area (Å²) in [6, 6.07) is 4.46. The molecule has 0 saturated heterocycles. The summed E-state index contributed by atoms with van der Waals surface area (Å²) in [5.74, 6) is -1.40. The Morgan fingerprint density at radius 2 is 2.24 bits per heavy atom. The van der Waals surface area contributed by atoms with E-state index in [1.165, 1.54) is 6.07 Å². The van der Waals surface area contributed by atoms with Gasteiger partial charge in [0, 0.05) is 11.6 Å². The van der Waals surface area contributed by atoms with Gasteiger partial charge in [-0.05, 0) is 34.5 Å². The van der Waals surface area contributed by atoms with Gasteiger partial charge in [0.1, 0.15) is 5.82 Å². The third-order valence-electron chi connectivity index (χ3n) is 2.27. The molecule has 0 spiro atoms. The molecule has 0 saturated carbocycles. The lowest BCUT2D eigenvalue weighted by atomic mass is 10.1. The lowest BCUT2D eigenvalue weighted by Gasteiger charge is -2.03. The lowest BCUT2D eigenvalue weighted by Crippen LogP contribution is -1.94. The quantitative estimate of drug-likeness (QED) is 0.924. The predicted molar refractivity (Wildman–Crippen MR) is 61.3 cm³/mol. The van der Waals surface area contributed by atoms with Crippen molar-refractivity contribution in [3.8, 4) is 11.3 Å². The molecule has 1 N–H and O–H groups in total. The molecule has 0 aliphatic rings. The van der Waals surface area contributed by atoms with E-state index >= 15 is 0 Å². The molecule has 2 rings (SSSR count). The fourth-order valence-electron chi connectivity index (χ4n) is 1.34. The summed E-state index contributed by atoms with van der Waals surface area (Å²) in [6.07, 6.45) is 0. The Labute approximate surface area is 104 Å². The Hall–Kier alpha value is -1.69. The molecule has 88 valence electrons. The number of carboxylic acid groups (broad SMARTS) is 1. The molecule has 1 aromatic heterocycles. The molecule has 0 radical (unpaired) electrons. The molecule has 6 heteroatoms. The zero-order valence-corrected chi connectivity index (χ0v) is 10.3. The van der Waals surface area contributed by atoms with Gasteiger partial charge in [0.15, 0.2) is 11.5 Å². The molecule has 0 amide bonds. The molecule has 0 aliphatic carbocycles. The van der Waals surface area contributed by atoms with Gasteiger partial charge in [-0.25, -0.2) is 9.18 Å². The number of benzene rings is 1. The van der Waals surface area contributed by atoms with Gasteiger partial charge >= 0.3 is 5.97 Å². The fourth-order valence-corrected chi connectivity index (χ4v) is 1.98. The zero-order chi connectivity index (χ0) is 12.6. The van der Waals surface area contributed by atoms with Gasteiger partial charge in [-0.1, -0.05) is 11.2 Å². The SMILES string of the molecule is Cc1ccc(-c2cc(C(=O)O)no2)c(Br)c1F. The van der Waals surface area contributed by atoms with Crippen molar-refractivity contribution in [2.75, 3.05) is 0 Å². The number of rotatable bonds is 2. The van der Waals surface area contributed by atoms with Crippen molar-refractivity contribution in [2.24, 2.45) is 0 Å². The van der Waals surface area contributed by atoms with Crippen LogP contribution in [0.25, 0.3) is 11.3 Å². The van der Waals surface area contributed by atoms with Crippen LogP contribution in [-0.4, -0.2) is 16.2 Å². The van der Waals surface area contributed by atoms with E-state index in [-0.39, 0.29) is 15.9 Å². The molecule has 1 heterocycles. The van der Waals surface area contributed by atoms with Crippen LogP contribution in [0, 0.1) is 12.7 Å². The van der Waals surface area contributed by atoms with E-state index in [0.29, 0.717) is 11.1 Å².